The van der Waals surface area contributed by atoms with Gasteiger partial charge in [0.15, 0.2) is 0 Å². The van der Waals surface area contributed by atoms with E-state index in [1.807, 2.05) is 12.1 Å². The summed E-state index contributed by atoms with van der Waals surface area (Å²) in [5, 5.41) is 0. The predicted molar refractivity (Wildman–Crippen MR) is 81.2 cm³/mol. The van der Waals surface area contributed by atoms with Crippen molar-refractivity contribution in [3.05, 3.63) is 24.0 Å². The van der Waals surface area contributed by atoms with Gasteiger partial charge >= 0.3 is 7.12 Å². The maximum absolute atomic E-state index is 6.08. The zero-order chi connectivity index (χ0) is 14.5. The Labute approximate surface area is 120 Å². The number of hydrogen-bond acceptors (Lipinski definition) is 3. The lowest BCUT2D eigenvalue weighted by molar-refractivity contribution is 0.00578. The van der Waals surface area contributed by atoms with E-state index in [0.29, 0.717) is 0 Å². The number of aromatic nitrogens is 2. The smallest absolute Gasteiger partial charge is 0.399 e. The summed E-state index contributed by atoms with van der Waals surface area (Å²) in [6.45, 7) is 10.4. The van der Waals surface area contributed by atoms with Gasteiger partial charge in [-0.15, -0.1) is 0 Å². The highest BCUT2D eigenvalue weighted by Crippen LogP contribution is 2.36. The average Bonchev–Trinajstić information content (AvgIpc) is 2.87. The van der Waals surface area contributed by atoms with Crippen LogP contribution in [0, 0.1) is 0 Å². The van der Waals surface area contributed by atoms with Gasteiger partial charge in [-0.3, -0.25) is 0 Å². The molecule has 1 fully saturated rings. The van der Waals surface area contributed by atoms with Gasteiger partial charge in [-0.1, -0.05) is 13.0 Å². The highest BCUT2D eigenvalue weighted by molar-refractivity contribution is 6.62. The number of nitrogens with zero attached hydrogens (tertiary/aromatic N) is 1. The molecule has 106 valence electrons. The largest absolute Gasteiger partial charge is 0.494 e. The number of imidazole rings is 1. The number of fused-ring (bicyclic) bond motifs is 1. The van der Waals surface area contributed by atoms with Gasteiger partial charge in [-0.2, -0.15) is 0 Å². The van der Waals surface area contributed by atoms with Crippen molar-refractivity contribution in [1.29, 1.82) is 0 Å². The molecule has 3 rings (SSSR count). The highest BCUT2D eigenvalue weighted by atomic mass is 16.7. The summed E-state index contributed by atoms with van der Waals surface area (Å²) in [4.78, 5) is 7.85. The molecule has 5 heteroatoms. The third kappa shape index (κ3) is 2.05. The summed E-state index contributed by atoms with van der Waals surface area (Å²) in [5.41, 5.74) is 2.43. The van der Waals surface area contributed by atoms with Gasteiger partial charge in [-0.25, -0.2) is 4.98 Å². The molecule has 0 saturated carbocycles. The monoisotopic (exact) mass is 272 g/mol. The third-order valence-corrected chi connectivity index (χ3v) is 4.42. The minimum Gasteiger partial charge on any atom is -0.399 e. The van der Waals surface area contributed by atoms with E-state index >= 15 is 0 Å². The van der Waals surface area contributed by atoms with E-state index < -0.39 is 0 Å². The van der Waals surface area contributed by atoms with Gasteiger partial charge in [0.05, 0.1) is 22.2 Å². The molecule has 0 unspecified atom stereocenters. The first-order chi connectivity index (χ1) is 9.32. The summed E-state index contributed by atoms with van der Waals surface area (Å²) in [7, 11) is -0.322. The lowest BCUT2D eigenvalue weighted by Gasteiger charge is -2.32. The fourth-order valence-electron chi connectivity index (χ4n) is 2.37. The Bertz CT molecular complexity index is 632. The van der Waals surface area contributed by atoms with Crippen LogP contribution in [-0.2, 0) is 15.7 Å². The van der Waals surface area contributed by atoms with E-state index in [1.54, 1.807) is 0 Å². The lowest BCUT2D eigenvalue weighted by Crippen LogP contribution is -2.41. The van der Waals surface area contributed by atoms with Gasteiger partial charge in [0.25, 0.3) is 0 Å². The zero-order valence-electron chi connectivity index (χ0n) is 12.8. The van der Waals surface area contributed by atoms with Crippen molar-refractivity contribution in [3.8, 4) is 0 Å². The maximum atomic E-state index is 6.08. The van der Waals surface area contributed by atoms with Crippen molar-refractivity contribution >= 4 is 23.6 Å². The molecule has 20 heavy (non-hydrogen) atoms. The van der Waals surface area contributed by atoms with Crippen LogP contribution in [-0.4, -0.2) is 28.3 Å². The molecular formula is C15H21BN2O2. The molecule has 0 atom stereocenters. The number of aromatic amines is 1. The van der Waals surface area contributed by atoms with Crippen LogP contribution in [0.25, 0.3) is 11.0 Å². The number of rotatable bonds is 2. The quantitative estimate of drug-likeness (QED) is 0.854. The van der Waals surface area contributed by atoms with E-state index in [1.165, 1.54) is 0 Å². The minimum absolute atomic E-state index is 0.310. The molecule has 4 nitrogen and oxygen atoms in total. The Morgan fingerprint density at radius 1 is 1.15 bits per heavy atom. The van der Waals surface area contributed by atoms with Crippen molar-refractivity contribution in [2.45, 2.75) is 52.2 Å². The van der Waals surface area contributed by atoms with Crippen LogP contribution >= 0.6 is 0 Å². The maximum Gasteiger partial charge on any atom is 0.494 e. The van der Waals surface area contributed by atoms with Crippen molar-refractivity contribution in [3.63, 3.8) is 0 Å². The Hall–Kier alpha value is -1.33. The topological polar surface area (TPSA) is 47.1 Å². The SMILES string of the molecule is CCc1nc2ccc(B3OC(C)(C)C(C)(C)O3)cc2[nH]1. The molecule has 1 aliphatic rings. The molecule has 1 aromatic carbocycles. The standard InChI is InChI=1S/C15H21BN2O2/c1-6-13-17-11-8-7-10(9-12(11)18-13)16-19-14(2,3)15(4,5)20-16/h7-9H,6H2,1-5H3,(H,17,18). The molecule has 2 heterocycles. The Kier molecular flexibility index (Phi) is 2.96. The fourth-order valence-corrected chi connectivity index (χ4v) is 2.37. The average molecular weight is 272 g/mol. The van der Waals surface area contributed by atoms with Crippen LogP contribution in [0.3, 0.4) is 0 Å². The second kappa shape index (κ2) is 4.33. The first-order valence-electron chi connectivity index (χ1n) is 7.16. The molecule has 0 spiro atoms. The van der Waals surface area contributed by atoms with Crippen molar-refractivity contribution < 1.29 is 9.31 Å². The van der Waals surface area contributed by atoms with Crippen LogP contribution in [0.5, 0.6) is 0 Å². The van der Waals surface area contributed by atoms with Crippen LogP contribution in [0.2, 0.25) is 0 Å². The van der Waals surface area contributed by atoms with Gasteiger partial charge < -0.3 is 14.3 Å². The molecule has 1 N–H and O–H groups in total. The normalized spacial score (nSPS) is 20.8. The second-order valence-corrected chi connectivity index (χ2v) is 6.40. The van der Waals surface area contributed by atoms with Crippen LogP contribution in [0.15, 0.2) is 18.2 Å². The number of aryl methyl sites for hydroxylation is 1. The van der Waals surface area contributed by atoms with E-state index in [0.717, 1.165) is 28.7 Å². The Balaban J connectivity index is 1.95. The van der Waals surface area contributed by atoms with Crippen molar-refractivity contribution in [2.75, 3.05) is 0 Å². The summed E-state index contributed by atoms with van der Waals surface area (Å²) >= 11 is 0. The summed E-state index contributed by atoms with van der Waals surface area (Å²) < 4.78 is 12.2. The third-order valence-electron chi connectivity index (χ3n) is 4.42. The second-order valence-electron chi connectivity index (χ2n) is 6.40. The molecule has 1 aromatic heterocycles. The van der Waals surface area contributed by atoms with Crippen molar-refractivity contribution in [2.24, 2.45) is 0 Å². The molecule has 0 radical (unpaired) electrons. The Morgan fingerprint density at radius 2 is 1.80 bits per heavy atom. The zero-order valence-corrected chi connectivity index (χ0v) is 12.8. The van der Waals surface area contributed by atoms with Crippen LogP contribution < -0.4 is 5.46 Å². The van der Waals surface area contributed by atoms with Crippen LogP contribution in [0.1, 0.15) is 40.4 Å². The lowest BCUT2D eigenvalue weighted by atomic mass is 9.79. The number of H-pyrrole nitrogens is 1. The van der Waals surface area contributed by atoms with Crippen molar-refractivity contribution in [1.82, 2.24) is 9.97 Å². The minimum atomic E-state index is -0.322. The molecule has 0 aliphatic carbocycles. The molecule has 0 bridgehead atoms. The van der Waals surface area contributed by atoms with E-state index in [2.05, 4.69) is 50.7 Å². The first-order valence-corrected chi connectivity index (χ1v) is 7.16. The summed E-state index contributed by atoms with van der Waals surface area (Å²) in [5.74, 6) is 1.01. The summed E-state index contributed by atoms with van der Waals surface area (Å²) in [6.07, 6.45) is 0.903. The van der Waals surface area contributed by atoms with E-state index in [9.17, 15) is 0 Å². The predicted octanol–water partition coefficient (Wildman–Crippen LogP) is 2.42. The van der Waals surface area contributed by atoms with Gasteiger partial charge in [0, 0.05) is 6.42 Å². The summed E-state index contributed by atoms with van der Waals surface area (Å²) in [6, 6.07) is 6.12. The van der Waals surface area contributed by atoms with Crippen LogP contribution in [0.4, 0.5) is 0 Å². The first kappa shape index (κ1) is 13.6. The van der Waals surface area contributed by atoms with Gasteiger partial charge in [0.1, 0.15) is 5.82 Å². The number of benzene rings is 1. The molecule has 0 amide bonds. The molecule has 2 aromatic rings. The molecular weight excluding hydrogens is 251 g/mol. The fraction of sp³-hybridized carbons (Fsp3) is 0.533. The van der Waals surface area contributed by atoms with E-state index in [4.69, 9.17) is 9.31 Å². The van der Waals surface area contributed by atoms with Gasteiger partial charge in [0.2, 0.25) is 0 Å². The van der Waals surface area contributed by atoms with E-state index in [-0.39, 0.29) is 18.3 Å². The Morgan fingerprint density at radius 3 is 2.40 bits per heavy atom. The van der Waals surface area contributed by atoms with Gasteiger partial charge in [-0.05, 0) is 45.3 Å². The number of nitrogens with one attached hydrogen (secondary N) is 1. The highest BCUT2D eigenvalue weighted by Gasteiger charge is 2.51. The molecule has 1 saturated heterocycles. The molecule has 1 aliphatic heterocycles. The number of hydrogen-bond donors (Lipinski definition) is 1.